The number of nitrogens with zero attached hydrogens (tertiary/aromatic N) is 3. The first-order chi connectivity index (χ1) is 12.7. The topological polar surface area (TPSA) is 142 Å². The van der Waals surface area contributed by atoms with Gasteiger partial charge in [0, 0.05) is 0 Å². The zero-order valence-corrected chi connectivity index (χ0v) is 15.3. The lowest BCUT2D eigenvalue weighted by Gasteiger charge is -2.16. The smallest absolute Gasteiger partial charge is 0.349 e. The van der Waals surface area contributed by atoms with E-state index in [0.29, 0.717) is 11.4 Å². The first kappa shape index (κ1) is 19.8. The molecule has 4 N–H and O–H groups in total. The van der Waals surface area contributed by atoms with Gasteiger partial charge in [-0.2, -0.15) is 0 Å². The second-order valence-corrected chi connectivity index (χ2v) is 6.61. The number of carbonyl (C=O) groups is 2. The van der Waals surface area contributed by atoms with Gasteiger partial charge in [-0.1, -0.05) is 12.1 Å². The normalized spacial score (nSPS) is 11.4. The molecule has 0 amide bonds. The quantitative estimate of drug-likeness (QED) is 0.467. The van der Waals surface area contributed by atoms with Gasteiger partial charge in [-0.25, -0.2) is 9.78 Å². The van der Waals surface area contributed by atoms with Crippen LogP contribution in [0.4, 0.5) is 23.0 Å². The van der Waals surface area contributed by atoms with E-state index in [4.69, 9.17) is 20.9 Å². The summed E-state index contributed by atoms with van der Waals surface area (Å²) in [5.74, 6) is -0.671. The second kappa shape index (κ2) is 8.26. The Hall–Kier alpha value is -3.49. The number of hydrogen-bond donors (Lipinski definition) is 2. The van der Waals surface area contributed by atoms with Crippen LogP contribution >= 0.6 is 0 Å². The van der Waals surface area contributed by atoms with E-state index in [2.05, 4.69) is 15.2 Å². The van der Waals surface area contributed by atoms with Crippen LogP contribution in [0.3, 0.4) is 0 Å². The molecule has 1 heterocycles. The third-order valence-corrected chi connectivity index (χ3v) is 3.21. The Morgan fingerprint density at radius 1 is 1.04 bits per heavy atom. The number of azo groups is 1. The van der Waals surface area contributed by atoms with Crippen molar-refractivity contribution in [3.05, 3.63) is 36.4 Å². The van der Waals surface area contributed by atoms with Crippen molar-refractivity contribution in [1.82, 2.24) is 4.98 Å². The number of benzene rings is 1. The average molecular weight is 371 g/mol. The Labute approximate surface area is 156 Å². The van der Waals surface area contributed by atoms with Gasteiger partial charge in [0.1, 0.15) is 17.2 Å². The fourth-order valence-electron chi connectivity index (χ4n) is 1.79. The summed E-state index contributed by atoms with van der Waals surface area (Å²) in [4.78, 5) is 27.5. The minimum Gasteiger partial charge on any atom is -0.453 e. The zero-order valence-electron chi connectivity index (χ0n) is 15.3. The third-order valence-electron chi connectivity index (χ3n) is 3.21. The molecule has 0 fully saturated rings. The van der Waals surface area contributed by atoms with Gasteiger partial charge in [0.15, 0.2) is 18.2 Å². The van der Waals surface area contributed by atoms with Crippen LogP contribution in [0.25, 0.3) is 0 Å². The number of hydrogen-bond acceptors (Lipinski definition) is 9. The number of nitrogen functional groups attached to an aromatic ring is 2. The summed E-state index contributed by atoms with van der Waals surface area (Å²) >= 11 is 0. The molecular formula is C18H21N5O4. The van der Waals surface area contributed by atoms with Gasteiger partial charge in [0.05, 0.1) is 5.41 Å². The summed E-state index contributed by atoms with van der Waals surface area (Å²) in [5, 5.41) is 8.03. The molecule has 0 saturated carbocycles. The largest absolute Gasteiger partial charge is 0.453 e. The molecule has 0 aliphatic rings. The molecule has 1 aromatic carbocycles. The van der Waals surface area contributed by atoms with Gasteiger partial charge < -0.3 is 20.9 Å². The summed E-state index contributed by atoms with van der Waals surface area (Å²) in [6.07, 6.45) is 0. The molecule has 142 valence electrons. The third kappa shape index (κ3) is 5.77. The molecule has 0 unspecified atom stereocenters. The van der Waals surface area contributed by atoms with Gasteiger partial charge >= 0.3 is 11.9 Å². The maximum atomic E-state index is 11.9. The number of nitrogens with two attached hydrogens (primary N) is 2. The molecule has 2 aromatic rings. The summed E-state index contributed by atoms with van der Waals surface area (Å²) < 4.78 is 10.1. The van der Waals surface area contributed by atoms with Crippen molar-refractivity contribution in [2.24, 2.45) is 15.6 Å². The SMILES string of the molecule is CC(C)(C)C(=O)OCC(=O)Oc1ccccc1/N=N/c1ccc(N)nc1N. The zero-order chi connectivity index (χ0) is 20.0. The molecule has 1 aromatic heterocycles. The Morgan fingerprint density at radius 2 is 1.70 bits per heavy atom. The maximum absolute atomic E-state index is 11.9. The molecule has 9 heteroatoms. The van der Waals surface area contributed by atoms with Crippen LogP contribution in [0.2, 0.25) is 0 Å². The van der Waals surface area contributed by atoms with Crippen molar-refractivity contribution in [2.75, 3.05) is 18.1 Å². The van der Waals surface area contributed by atoms with E-state index < -0.39 is 24.0 Å². The highest BCUT2D eigenvalue weighted by atomic mass is 16.6. The van der Waals surface area contributed by atoms with Crippen molar-refractivity contribution < 1.29 is 19.1 Å². The molecular weight excluding hydrogens is 350 g/mol. The molecule has 0 aliphatic carbocycles. The number of ether oxygens (including phenoxy) is 2. The highest BCUT2D eigenvalue weighted by Crippen LogP contribution is 2.30. The highest BCUT2D eigenvalue weighted by Gasteiger charge is 2.24. The summed E-state index contributed by atoms with van der Waals surface area (Å²) in [5.41, 5.74) is 11.2. The van der Waals surface area contributed by atoms with Crippen molar-refractivity contribution in [3.63, 3.8) is 0 Å². The molecule has 0 spiro atoms. The first-order valence-electron chi connectivity index (χ1n) is 8.07. The Bertz CT molecular complexity index is 874. The molecule has 27 heavy (non-hydrogen) atoms. The van der Waals surface area contributed by atoms with E-state index >= 15 is 0 Å². The fraction of sp³-hybridized carbons (Fsp3) is 0.278. The Kier molecular flexibility index (Phi) is 6.07. The van der Waals surface area contributed by atoms with Crippen molar-refractivity contribution in [3.8, 4) is 5.75 Å². The van der Waals surface area contributed by atoms with Gasteiger partial charge in [0.2, 0.25) is 0 Å². The second-order valence-electron chi connectivity index (χ2n) is 6.61. The molecule has 0 radical (unpaired) electrons. The van der Waals surface area contributed by atoms with E-state index in [1.54, 1.807) is 57.2 Å². The number of aromatic nitrogens is 1. The molecule has 2 rings (SSSR count). The van der Waals surface area contributed by atoms with Crippen LogP contribution in [0.5, 0.6) is 5.75 Å². The van der Waals surface area contributed by atoms with E-state index in [1.165, 1.54) is 0 Å². The summed E-state index contributed by atoms with van der Waals surface area (Å²) in [6, 6.07) is 9.64. The number of esters is 2. The van der Waals surface area contributed by atoms with Crippen LogP contribution < -0.4 is 16.2 Å². The van der Waals surface area contributed by atoms with Crippen molar-refractivity contribution in [2.45, 2.75) is 20.8 Å². The predicted molar refractivity (Wildman–Crippen MR) is 99.7 cm³/mol. The van der Waals surface area contributed by atoms with Crippen molar-refractivity contribution in [1.29, 1.82) is 0 Å². The van der Waals surface area contributed by atoms with Gasteiger partial charge in [0.25, 0.3) is 0 Å². The molecule has 9 nitrogen and oxygen atoms in total. The Morgan fingerprint density at radius 3 is 2.37 bits per heavy atom. The van der Waals surface area contributed by atoms with Crippen LogP contribution in [0.1, 0.15) is 20.8 Å². The van der Waals surface area contributed by atoms with E-state index in [-0.39, 0.29) is 17.4 Å². The number of para-hydroxylation sites is 1. The number of carbonyl (C=O) groups excluding carboxylic acids is 2. The first-order valence-corrected chi connectivity index (χ1v) is 8.07. The summed E-state index contributed by atoms with van der Waals surface area (Å²) in [7, 11) is 0. The van der Waals surface area contributed by atoms with Crippen LogP contribution in [0, 0.1) is 5.41 Å². The monoisotopic (exact) mass is 371 g/mol. The number of rotatable bonds is 5. The van der Waals surface area contributed by atoms with Gasteiger partial charge in [-0.3, -0.25) is 4.79 Å². The lowest BCUT2D eigenvalue weighted by atomic mass is 9.97. The molecule has 0 atom stereocenters. The lowest BCUT2D eigenvalue weighted by Crippen LogP contribution is -2.27. The van der Waals surface area contributed by atoms with E-state index in [0.717, 1.165) is 0 Å². The molecule has 0 aliphatic heterocycles. The van der Waals surface area contributed by atoms with Crippen LogP contribution in [0.15, 0.2) is 46.6 Å². The fourth-order valence-corrected chi connectivity index (χ4v) is 1.79. The minimum atomic E-state index is -0.732. The minimum absolute atomic E-state index is 0.127. The van der Waals surface area contributed by atoms with Gasteiger partial charge in [-0.15, -0.1) is 10.2 Å². The maximum Gasteiger partial charge on any atom is 0.349 e. The Balaban J connectivity index is 2.08. The summed E-state index contributed by atoms with van der Waals surface area (Å²) in [6.45, 7) is 4.56. The number of pyridine rings is 1. The highest BCUT2D eigenvalue weighted by molar-refractivity contribution is 5.81. The number of anilines is 2. The van der Waals surface area contributed by atoms with Gasteiger partial charge in [-0.05, 0) is 45.0 Å². The molecule has 0 saturated heterocycles. The predicted octanol–water partition coefficient (Wildman–Crippen LogP) is 3.16. The average Bonchev–Trinajstić information content (AvgIpc) is 2.59. The van der Waals surface area contributed by atoms with E-state index in [1.807, 2.05) is 0 Å². The van der Waals surface area contributed by atoms with E-state index in [9.17, 15) is 9.59 Å². The van der Waals surface area contributed by atoms with Crippen LogP contribution in [-0.4, -0.2) is 23.5 Å². The molecule has 0 bridgehead atoms. The standard InChI is InChI=1S/C18H21N5O4/c1-18(2,3)17(25)26-10-15(24)27-13-7-5-4-6-11(13)22-23-12-8-9-14(19)21-16(12)20/h4-9H,10H2,1-3H3,(H4,19,20,21)/b23-22+. The van der Waals surface area contributed by atoms with Crippen LogP contribution in [-0.2, 0) is 14.3 Å². The lowest BCUT2D eigenvalue weighted by molar-refractivity contribution is -0.160. The van der Waals surface area contributed by atoms with Crippen molar-refractivity contribution >= 4 is 34.9 Å².